The van der Waals surface area contributed by atoms with Crippen LogP contribution in [0.5, 0.6) is 0 Å². The van der Waals surface area contributed by atoms with Crippen LogP contribution in [-0.4, -0.2) is 22.8 Å². The normalized spacial score (nSPS) is 17.5. The lowest BCUT2D eigenvalue weighted by molar-refractivity contribution is -0.221. The molecule has 6 nitrogen and oxygen atoms in total. The van der Waals surface area contributed by atoms with Crippen LogP contribution < -0.4 is 5.32 Å². The second-order valence-corrected chi connectivity index (χ2v) is 4.39. The standard InChI is InChI=1S/C13H13NO5/c1-13(2)18-11(16)9(12(17)19-13)10(15)14-8-6-4-3-5-7-8/h3-7,16H,1-2H3,(H,14,15). The summed E-state index contributed by atoms with van der Waals surface area (Å²) in [4.78, 5) is 23.6. The van der Waals surface area contributed by atoms with Gasteiger partial charge in [0.15, 0.2) is 0 Å². The Hall–Kier alpha value is -2.50. The minimum Gasteiger partial charge on any atom is -0.480 e. The number of nitrogens with one attached hydrogen (secondary N) is 1. The number of cyclic esters (lactones) is 1. The van der Waals surface area contributed by atoms with Gasteiger partial charge in [0, 0.05) is 19.5 Å². The number of carbonyl (C=O) groups excluding carboxylic acids is 2. The van der Waals surface area contributed by atoms with E-state index in [2.05, 4.69) is 5.32 Å². The molecule has 0 spiro atoms. The summed E-state index contributed by atoms with van der Waals surface area (Å²) >= 11 is 0. The van der Waals surface area contributed by atoms with E-state index in [0.717, 1.165) is 0 Å². The van der Waals surface area contributed by atoms with Crippen LogP contribution in [0.15, 0.2) is 41.9 Å². The average Bonchev–Trinajstić information content (AvgIpc) is 2.27. The van der Waals surface area contributed by atoms with E-state index in [1.54, 1.807) is 30.3 Å². The van der Waals surface area contributed by atoms with E-state index in [0.29, 0.717) is 5.69 Å². The number of rotatable bonds is 2. The molecular weight excluding hydrogens is 250 g/mol. The fraction of sp³-hybridized carbons (Fsp3) is 0.231. The highest BCUT2D eigenvalue weighted by atomic mass is 16.8. The molecule has 2 N–H and O–H groups in total. The molecule has 1 heterocycles. The third kappa shape index (κ3) is 2.85. The van der Waals surface area contributed by atoms with Crippen molar-refractivity contribution in [1.29, 1.82) is 0 Å². The number of aliphatic hydroxyl groups is 1. The Morgan fingerprint density at radius 2 is 1.84 bits per heavy atom. The number of amides is 1. The molecule has 0 aliphatic carbocycles. The van der Waals surface area contributed by atoms with Crippen molar-refractivity contribution in [3.63, 3.8) is 0 Å². The molecule has 19 heavy (non-hydrogen) atoms. The Kier molecular flexibility index (Phi) is 3.16. The molecule has 1 aromatic carbocycles. The summed E-state index contributed by atoms with van der Waals surface area (Å²) in [5, 5.41) is 12.1. The molecule has 0 radical (unpaired) electrons. The largest absolute Gasteiger partial charge is 0.480 e. The van der Waals surface area contributed by atoms with E-state index in [9.17, 15) is 14.7 Å². The first-order chi connectivity index (χ1) is 8.89. The summed E-state index contributed by atoms with van der Waals surface area (Å²) < 4.78 is 9.82. The number of esters is 1. The summed E-state index contributed by atoms with van der Waals surface area (Å²) in [5.74, 6) is -3.75. The third-order valence-electron chi connectivity index (χ3n) is 2.36. The van der Waals surface area contributed by atoms with Gasteiger partial charge in [0.2, 0.25) is 5.57 Å². The van der Waals surface area contributed by atoms with Gasteiger partial charge in [-0.3, -0.25) is 4.79 Å². The van der Waals surface area contributed by atoms with Gasteiger partial charge in [-0.25, -0.2) is 4.79 Å². The quantitative estimate of drug-likeness (QED) is 0.626. The van der Waals surface area contributed by atoms with Gasteiger partial charge >= 0.3 is 11.9 Å². The summed E-state index contributed by atoms with van der Waals surface area (Å²) in [6.07, 6.45) is 0. The van der Waals surface area contributed by atoms with Crippen LogP contribution in [0.3, 0.4) is 0 Å². The van der Waals surface area contributed by atoms with Crippen molar-refractivity contribution in [1.82, 2.24) is 0 Å². The smallest absolute Gasteiger partial charge is 0.354 e. The van der Waals surface area contributed by atoms with Crippen molar-refractivity contribution in [3.05, 3.63) is 41.9 Å². The third-order valence-corrected chi connectivity index (χ3v) is 2.36. The van der Waals surface area contributed by atoms with Gasteiger partial charge in [0.25, 0.3) is 11.7 Å². The molecule has 2 rings (SSSR count). The van der Waals surface area contributed by atoms with E-state index >= 15 is 0 Å². The van der Waals surface area contributed by atoms with Crippen LogP contribution >= 0.6 is 0 Å². The molecule has 1 aromatic rings. The highest BCUT2D eigenvalue weighted by molar-refractivity contribution is 6.21. The van der Waals surface area contributed by atoms with Crippen molar-refractivity contribution in [2.45, 2.75) is 19.6 Å². The molecule has 1 aliphatic heterocycles. The Balaban J connectivity index is 2.22. The maximum absolute atomic E-state index is 11.9. The molecule has 6 heteroatoms. The minimum atomic E-state index is -1.29. The van der Waals surface area contributed by atoms with E-state index < -0.39 is 29.2 Å². The van der Waals surface area contributed by atoms with Crippen molar-refractivity contribution >= 4 is 17.6 Å². The van der Waals surface area contributed by atoms with Crippen molar-refractivity contribution in [2.75, 3.05) is 5.32 Å². The summed E-state index contributed by atoms with van der Waals surface area (Å²) in [5.41, 5.74) is -0.0615. The Morgan fingerprint density at radius 3 is 2.42 bits per heavy atom. The average molecular weight is 263 g/mol. The van der Waals surface area contributed by atoms with Gasteiger partial charge in [-0.2, -0.15) is 0 Å². The van der Waals surface area contributed by atoms with Crippen LogP contribution in [0.2, 0.25) is 0 Å². The van der Waals surface area contributed by atoms with Crippen LogP contribution in [-0.2, 0) is 19.1 Å². The zero-order chi connectivity index (χ0) is 14.0. The van der Waals surface area contributed by atoms with Crippen LogP contribution in [0.1, 0.15) is 13.8 Å². The first-order valence-electron chi connectivity index (χ1n) is 5.61. The predicted molar refractivity (Wildman–Crippen MR) is 66.0 cm³/mol. The first-order valence-corrected chi connectivity index (χ1v) is 5.61. The van der Waals surface area contributed by atoms with Gasteiger partial charge in [-0.15, -0.1) is 0 Å². The van der Waals surface area contributed by atoms with E-state index in [1.807, 2.05) is 0 Å². The zero-order valence-electron chi connectivity index (χ0n) is 10.5. The zero-order valence-corrected chi connectivity index (χ0v) is 10.5. The van der Waals surface area contributed by atoms with Crippen LogP contribution in [0, 0.1) is 0 Å². The first kappa shape index (κ1) is 12.9. The van der Waals surface area contributed by atoms with Crippen molar-refractivity contribution < 1.29 is 24.2 Å². The monoisotopic (exact) mass is 263 g/mol. The number of para-hydroxylation sites is 1. The van der Waals surface area contributed by atoms with E-state index in [4.69, 9.17) is 9.47 Å². The van der Waals surface area contributed by atoms with Gasteiger partial charge in [0.1, 0.15) is 0 Å². The van der Waals surface area contributed by atoms with Gasteiger partial charge in [-0.05, 0) is 12.1 Å². The molecule has 0 saturated heterocycles. The Morgan fingerprint density at radius 1 is 1.21 bits per heavy atom. The molecule has 0 fully saturated rings. The lowest BCUT2D eigenvalue weighted by atomic mass is 10.2. The number of anilines is 1. The lowest BCUT2D eigenvalue weighted by Gasteiger charge is -2.30. The van der Waals surface area contributed by atoms with Crippen LogP contribution in [0.4, 0.5) is 5.69 Å². The highest BCUT2D eigenvalue weighted by Gasteiger charge is 2.39. The Labute approximate surface area is 109 Å². The number of carbonyl (C=O) groups is 2. The number of ether oxygens (including phenoxy) is 2. The van der Waals surface area contributed by atoms with Crippen LogP contribution in [0.25, 0.3) is 0 Å². The maximum atomic E-state index is 11.9. The van der Waals surface area contributed by atoms with E-state index in [1.165, 1.54) is 13.8 Å². The van der Waals surface area contributed by atoms with Crippen molar-refractivity contribution in [2.24, 2.45) is 0 Å². The lowest BCUT2D eigenvalue weighted by Crippen LogP contribution is -2.40. The molecule has 100 valence electrons. The van der Waals surface area contributed by atoms with E-state index in [-0.39, 0.29) is 0 Å². The molecule has 0 unspecified atom stereocenters. The van der Waals surface area contributed by atoms with Crippen molar-refractivity contribution in [3.8, 4) is 0 Å². The fourth-order valence-electron chi connectivity index (χ4n) is 1.57. The van der Waals surface area contributed by atoms with Gasteiger partial charge < -0.3 is 19.9 Å². The number of hydrogen-bond donors (Lipinski definition) is 2. The van der Waals surface area contributed by atoms with Gasteiger partial charge in [0.05, 0.1) is 0 Å². The summed E-state index contributed by atoms with van der Waals surface area (Å²) in [6.45, 7) is 2.90. The topological polar surface area (TPSA) is 84.9 Å². The number of benzene rings is 1. The predicted octanol–water partition coefficient (Wildman–Crippen LogP) is 1.70. The molecule has 0 aromatic heterocycles. The second-order valence-electron chi connectivity index (χ2n) is 4.39. The number of aliphatic hydroxyl groups excluding tert-OH is 1. The summed E-state index contributed by atoms with van der Waals surface area (Å²) in [7, 11) is 0. The molecule has 1 aliphatic rings. The SMILES string of the molecule is CC1(C)OC(=O)C(C(=O)Nc2ccccc2)=C(O)O1. The molecule has 0 saturated carbocycles. The minimum absolute atomic E-state index is 0.491. The Bertz CT molecular complexity index is 547. The summed E-state index contributed by atoms with van der Waals surface area (Å²) in [6, 6.07) is 8.53. The van der Waals surface area contributed by atoms with Gasteiger partial charge in [-0.1, -0.05) is 18.2 Å². The molecule has 0 atom stereocenters. The fourth-order valence-corrected chi connectivity index (χ4v) is 1.57. The molecular formula is C13H13NO5. The number of hydrogen-bond acceptors (Lipinski definition) is 5. The molecule has 1 amide bonds. The highest BCUT2D eigenvalue weighted by Crippen LogP contribution is 2.25. The molecule has 0 bridgehead atoms. The second kappa shape index (κ2) is 4.64. The maximum Gasteiger partial charge on any atom is 0.354 e.